The van der Waals surface area contributed by atoms with Gasteiger partial charge in [0.25, 0.3) is 0 Å². The van der Waals surface area contributed by atoms with E-state index in [2.05, 4.69) is 54.7 Å². The monoisotopic (exact) mass is 382 g/mol. The maximum atomic E-state index is 13.2. The Labute approximate surface area is 163 Å². The summed E-state index contributed by atoms with van der Waals surface area (Å²) in [6.07, 6.45) is 5.19. The van der Waals surface area contributed by atoms with Gasteiger partial charge in [0.1, 0.15) is 5.82 Å². The lowest BCUT2D eigenvalue weighted by molar-refractivity contribution is 0.606. The first-order chi connectivity index (χ1) is 13.0. The highest BCUT2D eigenvalue weighted by Gasteiger charge is 2.20. The van der Waals surface area contributed by atoms with Gasteiger partial charge in [0.05, 0.1) is 16.6 Å². The van der Waals surface area contributed by atoms with Gasteiger partial charge in [-0.15, -0.1) is 0 Å². The van der Waals surface area contributed by atoms with Crippen molar-refractivity contribution in [3.8, 4) is 5.82 Å². The normalized spacial score (nSPS) is 12.5. The van der Waals surface area contributed by atoms with Gasteiger partial charge in [-0.05, 0) is 51.5 Å². The molecule has 0 saturated carbocycles. The largest absolute Gasteiger partial charge is 0.366 e. The van der Waals surface area contributed by atoms with E-state index in [1.54, 1.807) is 23.2 Å². The van der Waals surface area contributed by atoms with E-state index in [0.29, 0.717) is 23.0 Å². The smallest absolute Gasteiger partial charge is 0.205 e. The molecule has 0 aliphatic heterocycles. The van der Waals surface area contributed by atoms with Crippen molar-refractivity contribution in [2.45, 2.75) is 50.7 Å². The molecule has 0 aliphatic carbocycles. The number of para-hydroxylation sites is 1. The van der Waals surface area contributed by atoms with Crippen molar-refractivity contribution < 1.29 is 4.21 Å². The average Bonchev–Trinajstić information content (AvgIpc) is 3.13. The summed E-state index contributed by atoms with van der Waals surface area (Å²) in [6, 6.07) is 14.6. The Kier molecular flexibility index (Phi) is 6.06. The number of aromatic nitrogens is 3. The summed E-state index contributed by atoms with van der Waals surface area (Å²) < 4.78 is 15.0. The second-order valence-electron chi connectivity index (χ2n) is 6.98. The molecule has 1 unspecified atom stereocenters. The maximum Gasteiger partial charge on any atom is 0.205 e. The molecule has 2 aromatic heterocycles. The molecule has 0 amide bonds. The fraction of sp³-hybridized carbons (Fsp3) is 0.333. The van der Waals surface area contributed by atoms with E-state index in [1.165, 1.54) is 0 Å². The zero-order valence-electron chi connectivity index (χ0n) is 16.2. The van der Waals surface area contributed by atoms with Crippen molar-refractivity contribution in [1.29, 1.82) is 0 Å². The third-order valence-corrected chi connectivity index (χ3v) is 5.66. The summed E-state index contributed by atoms with van der Waals surface area (Å²) in [5.41, 5.74) is 2.19. The second-order valence-corrected chi connectivity index (χ2v) is 8.33. The topological polar surface area (TPSA) is 51.0 Å². The Balaban J connectivity index is 1.92. The van der Waals surface area contributed by atoms with Gasteiger partial charge in [-0.25, -0.2) is 9.97 Å². The van der Waals surface area contributed by atoms with Gasteiger partial charge in [-0.1, -0.05) is 24.3 Å². The van der Waals surface area contributed by atoms with Gasteiger partial charge in [-0.2, -0.15) is 0 Å². The fourth-order valence-electron chi connectivity index (χ4n) is 3.37. The molecule has 0 N–H and O–H groups in total. The summed E-state index contributed by atoms with van der Waals surface area (Å²) in [4.78, 5) is 11.0. The Morgan fingerprint density at radius 3 is 2.33 bits per heavy atom. The molecule has 5 nitrogen and oxygen atoms in total. The molecule has 0 aliphatic rings. The third kappa shape index (κ3) is 4.27. The first-order valence-corrected chi connectivity index (χ1v) is 10.5. The van der Waals surface area contributed by atoms with E-state index >= 15 is 0 Å². The van der Waals surface area contributed by atoms with E-state index in [4.69, 9.17) is 0 Å². The van der Waals surface area contributed by atoms with Crippen molar-refractivity contribution in [3.05, 3.63) is 66.6 Å². The van der Waals surface area contributed by atoms with Gasteiger partial charge in [0.15, 0.2) is 0 Å². The summed E-state index contributed by atoms with van der Waals surface area (Å²) in [5, 5.41) is 0.518. The van der Waals surface area contributed by atoms with Crippen molar-refractivity contribution in [3.63, 3.8) is 0 Å². The SMILES string of the molecule is CC(C)N(c1ccccc1CS(=O)c1nccn1-c1ccccn1)C(C)C. The first-order valence-electron chi connectivity index (χ1n) is 9.18. The van der Waals surface area contributed by atoms with Crippen LogP contribution in [0.25, 0.3) is 5.82 Å². The van der Waals surface area contributed by atoms with E-state index in [1.807, 2.05) is 30.3 Å². The molecule has 3 aromatic rings. The number of pyridine rings is 1. The van der Waals surface area contributed by atoms with Crippen LogP contribution in [0.4, 0.5) is 5.69 Å². The van der Waals surface area contributed by atoms with Crippen LogP contribution in [0.15, 0.2) is 66.2 Å². The van der Waals surface area contributed by atoms with Crippen molar-refractivity contribution in [2.75, 3.05) is 4.90 Å². The summed E-state index contributed by atoms with van der Waals surface area (Å²) >= 11 is 0. The molecule has 0 spiro atoms. The molecule has 142 valence electrons. The number of hydrogen-bond acceptors (Lipinski definition) is 4. The second kappa shape index (κ2) is 8.48. The van der Waals surface area contributed by atoms with E-state index in [-0.39, 0.29) is 0 Å². The summed E-state index contributed by atoms with van der Waals surface area (Å²) in [5.74, 6) is 1.13. The lowest BCUT2D eigenvalue weighted by Gasteiger charge is -2.34. The Morgan fingerprint density at radius 2 is 1.67 bits per heavy atom. The van der Waals surface area contributed by atoms with Crippen molar-refractivity contribution in [1.82, 2.24) is 14.5 Å². The minimum absolute atomic E-state index is 0.357. The minimum atomic E-state index is -1.28. The standard InChI is InChI=1S/C21H26N4OS/c1-16(2)25(17(3)4)19-10-6-5-9-18(19)15-27(26)21-23-13-14-24(21)20-11-7-8-12-22-20/h5-14,16-17H,15H2,1-4H3. The summed E-state index contributed by atoms with van der Waals surface area (Å²) in [7, 11) is -1.28. The van der Waals surface area contributed by atoms with Crippen LogP contribution in [0.2, 0.25) is 0 Å². The van der Waals surface area contributed by atoms with Crippen LogP contribution >= 0.6 is 0 Å². The van der Waals surface area contributed by atoms with Crippen LogP contribution in [-0.2, 0) is 16.6 Å². The molecule has 0 radical (unpaired) electrons. The van der Waals surface area contributed by atoms with Crippen LogP contribution < -0.4 is 4.90 Å². The number of hydrogen-bond donors (Lipinski definition) is 0. The number of nitrogens with zero attached hydrogens (tertiary/aromatic N) is 4. The van der Waals surface area contributed by atoms with Gasteiger partial charge < -0.3 is 4.90 Å². The highest BCUT2D eigenvalue weighted by molar-refractivity contribution is 7.84. The summed E-state index contributed by atoms with van der Waals surface area (Å²) in [6.45, 7) is 8.73. The first kappa shape index (κ1) is 19.3. The molecule has 0 saturated heterocycles. The molecular weight excluding hydrogens is 356 g/mol. The van der Waals surface area contributed by atoms with Crippen LogP contribution in [0, 0.1) is 0 Å². The quantitative estimate of drug-likeness (QED) is 0.615. The van der Waals surface area contributed by atoms with Crippen LogP contribution in [0.5, 0.6) is 0 Å². The molecule has 0 bridgehead atoms. The zero-order chi connectivity index (χ0) is 19.4. The van der Waals surface area contributed by atoms with Crippen molar-refractivity contribution >= 4 is 16.5 Å². The molecule has 0 fully saturated rings. The van der Waals surface area contributed by atoms with Gasteiger partial charge >= 0.3 is 0 Å². The predicted molar refractivity (Wildman–Crippen MR) is 111 cm³/mol. The fourth-order valence-corrected chi connectivity index (χ4v) is 4.58. The molecule has 1 atom stereocenters. The number of anilines is 1. The van der Waals surface area contributed by atoms with Crippen molar-refractivity contribution in [2.24, 2.45) is 0 Å². The predicted octanol–water partition coefficient (Wildman–Crippen LogP) is 4.20. The lowest BCUT2D eigenvalue weighted by atomic mass is 10.1. The van der Waals surface area contributed by atoms with Gasteiger partial charge in [-0.3, -0.25) is 8.78 Å². The third-order valence-electron chi connectivity index (χ3n) is 4.38. The van der Waals surface area contributed by atoms with Crippen LogP contribution in [0.1, 0.15) is 33.3 Å². The Hall–Kier alpha value is -2.47. The molecule has 2 heterocycles. The maximum absolute atomic E-state index is 13.2. The Bertz CT molecular complexity index is 897. The minimum Gasteiger partial charge on any atom is -0.366 e. The van der Waals surface area contributed by atoms with Crippen LogP contribution in [-0.4, -0.2) is 30.8 Å². The van der Waals surface area contributed by atoms with Gasteiger partial charge in [0.2, 0.25) is 5.16 Å². The lowest BCUT2D eigenvalue weighted by Crippen LogP contribution is -2.37. The molecule has 1 aromatic carbocycles. The van der Waals surface area contributed by atoms with Crippen LogP contribution in [0.3, 0.4) is 0 Å². The molecule has 6 heteroatoms. The average molecular weight is 383 g/mol. The highest BCUT2D eigenvalue weighted by Crippen LogP contribution is 2.27. The molecular formula is C21H26N4OS. The highest BCUT2D eigenvalue weighted by atomic mass is 32.2. The Morgan fingerprint density at radius 1 is 0.963 bits per heavy atom. The molecule has 27 heavy (non-hydrogen) atoms. The van der Waals surface area contributed by atoms with Gasteiger partial charge in [0, 0.05) is 36.4 Å². The van der Waals surface area contributed by atoms with E-state index in [9.17, 15) is 4.21 Å². The molecule has 3 rings (SSSR count). The number of imidazole rings is 1. The number of benzene rings is 1. The number of rotatable bonds is 7. The van der Waals surface area contributed by atoms with E-state index < -0.39 is 10.8 Å². The van der Waals surface area contributed by atoms with E-state index in [0.717, 1.165) is 17.1 Å². The zero-order valence-corrected chi connectivity index (χ0v) is 17.1.